The van der Waals surface area contributed by atoms with E-state index in [1.165, 1.54) is 18.2 Å². The van der Waals surface area contributed by atoms with Gasteiger partial charge in [-0.3, -0.25) is 19.7 Å². The Morgan fingerprint density at radius 1 is 0.921 bits per heavy atom. The van der Waals surface area contributed by atoms with Gasteiger partial charge in [-0.1, -0.05) is 6.07 Å². The Bertz CT molecular complexity index is 1450. The number of hydrogen-bond acceptors (Lipinski definition) is 6. The topological polar surface area (TPSA) is 91.9 Å². The third-order valence-corrected chi connectivity index (χ3v) is 8.00. The summed E-state index contributed by atoms with van der Waals surface area (Å²) >= 11 is 0. The Balaban J connectivity index is 1.19. The number of fused-ring (bicyclic) bond motifs is 4. The average molecular weight is 518 g/mol. The molecule has 1 amide bonds. The number of carbonyl (C=O) groups is 1. The van der Waals surface area contributed by atoms with Crippen molar-refractivity contribution in [3.63, 3.8) is 0 Å². The van der Waals surface area contributed by atoms with Crippen molar-refractivity contribution >= 4 is 23.0 Å². The highest BCUT2D eigenvalue weighted by Crippen LogP contribution is 2.40. The third kappa shape index (κ3) is 4.40. The number of carbonyl (C=O) groups excluding carboxylic acids is 1. The van der Waals surface area contributed by atoms with E-state index >= 15 is 0 Å². The van der Waals surface area contributed by atoms with E-state index in [1.807, 2.05) is 15.5 Å². The highest BCUT2D eigenvalue weighted by Gasteiger charge is 2.37. The van der Waals surface area contributed by atoms with Crippen LogP contribution in [0.3, 0.4) is 0 Å². The van der Waals surface area contributed by atoms with Crippen LogP contribution in [0.5, 0.6) is 0 Å². The Morgan fingerprint density at radius 3 is 2.42 bits per heavy atom. The van der Waals surface area contributed by atoms with Crippen LogP contribution in [0.15, 0.2) is 65.5 Å². The van der Waals surface area contributed by atoms with Crippen molar-refractivity contribution in [2.24, 2.45) is 5.92 Å². The molecule has 4 heterocycles. The van der Waals surface area contributed by atoms with Crippen LogP contribution >= 0.6 is 0 Å². The molecule has 0 saturated carbocycles. The molecule has 3 aromatic rings. The molecule has 9 nitrogen and oxygen atoms in total. The van der Waals surface area contributed by atoms with Gasteiger partial charge in [-0.25, -0.2) is 4.39 Å². The zero-order chi connectivity index (χ0) is 26.4. The van der Waals surface area contributed by atoms with Crippen molar-refractivity contribution < 1.29 is 14.1 Å². The van der Waals surface area contributed by atoms with Crippen LogP contribution in [0, 0.1) is 21.8 Å². The first kappa shape index (κ1) is 24.1. The van der Waals surface area contributed by atoms with Crippen molar-refractivity contribution in [1.29, 1.82) is 0 Å². The highest BCUT2D eigenvalue weighted by molar-refractivity contribution is 5.96. The number of piperazine rings is 1. The van der Waals surface area contributed by atoms with Crippen molar-refractivity contribution in [3.8, 4) is 0 Å². The van der Waals surface area contributed by atoms with Crippen molar-refractivity contribution in [2.45, 2.75) is 18.9 Å². The van der Waals surface area contributed by atoms with Gasteiger partial charge in [-0.05, 0) is 54.8 Å². The number of aromatic nitrogens is 1. The number of amides is 1. The Labute approximate surface area is 218 Å². The molecular formula is C28H28FN5O4. The molecule has 2 fully saturated rings. The smallest absolute Gasteiger partial charge is 0.293 e. The normalized spacial score (nSPS) is 20.7. The molecule has 2 atom stereocenters. The van der Waals surface area contributed by atoms with Gasteiger partial charge in [0.1, 0.15) is 11.5 Å². The molecule has 2 aromatic carbocycles. The van der Waals surface area contributed by atoms with Gasteiger partial charge in [-0.15, -0.1) is 0 Å². The van der Waals surface area contributed by atoms with E-state index in [0.29, 0.717) is 57.1 Å². The molecule has 3 aliphatic rings. The van der Waals surface area contributed by atoms with Gasteiger partial charge in [0.05, 0.1) is 4.92 Å². The summed E-state index contributed by atoms with van der Waals surface area (Å²) in [6, 6.07) is 16.4. The Hall–Kier alpha value is -4.21. The van der Waals surface area contributed by atoms with E-state index in [4.69, 9.17) is 0 Å². The quantitative estimate of drug-likeness (QED) is 0.389. The fourth-order valence-electron chi connectivity index (χ4n) is 6.17. The molecule has 1 aromatic heterocycles. The molecule has 0 spiro atoms. The molecule has 196 valence electrons. The monoisotopic (exact) mass is 517 g/mol. The maximum absolute atomic E-state index is 13.3. The first-order valence-corrected chi connectivity index (χ1v) is 12.9. The van der Waals surface area contributed by atoms with Crippen molar-refractivity contribution in [3.05, 3.63) is 98.2 Å². The number of pyridine rings is 1. The summed E-state index contributed by atoms with van der Waals surface area (Å²) < 4.78 is 15.1. The molecule has 2 saturated heterocycles. The fraction of sp³-hybridized carbons (Fsp3) is 0.357. The standard InChI is InChI=1S/C28H28FN5O4/c29-22-5-7-23(8-6-22)30-10-12-31(13-11-30)28(36)20-4-9-25(26(15-20)34(37)38)32-16-19-14-21(18-32)24-2-1-3-27(35)33(24)17-19/h1-9,15,19,21H,10-14,16-18H2/t19-,21+/m1/s1. The zero-order valence-corrected chi connectivity index (χ0v) is 20.8. The maximum Gasteiger partial charge on any atom is 0.293 e. The van der Waals surface area contributed by atoms with Crippen LogP contribution in [0.1, 0.15) is 28.4 Å². The molecule has 10 heteroatoms. The minimum absolute atomic E-state index is 0.00186. The summed E-state index contributed by atoms with van der Waals surface area (Å²) in [7, 11) is 0. The molecule has 0 unspecified atom stereocenters. The number of piperidine rings is 1. The number of rotatable bonds is 4. The number of benzene rings is 2. The highest BCUT2D eigenvalue weighted by atomic mass is 19.1. The van der Waals surface area contributed by atoms with E-state index < -0.39 is 4.92 Å². The first-order valence-electron chi connectivity index (χ1n) is 12.9. The van der Waals surface area contributed by atoms with E-state index in [0.717, 1.165) is 17.8 Å². The number of nitro groups is 1. The van der Waals surface area contributed by atoms with Gasteiger partial charge >= 0.3 is 0 Å². The van der Waals surface area contributed by atoms with Crippen LogP contribution in [0.4, 0.5) is 21.5 Å². The lowest BCUT2D eigenvalue weighted by molar-refractivity contribution is -0.384. The van der Waals surface area contributed by atoms with Crippen LogP contribution in [-0.2, 0) is 6.54 Å². The summed E-state index contributed by atoms with van der Waals surface area (Å²) in [6.07, 6.45) is 0.953. The average Bonchev–Trinajstić information content (AvgIpc) is 2.93. The molecule has 6 rings (SSSR count). The number of nitro benzene ring substituents is 1. The molecule has 0 aliphatic carbocycles. The lowest BCUT2D eigenvalue weighted by atomic mass is 9.83. The van der Waals surface area contributed by atoms with E-state index in [9.17, 15) is 24.1 Å². The van der Waals surface area contributed by atoms with Gasteiger partial charge in [0.25, 0.3) is 17.2 Å². The summed E-state index contributed by atoms with van der Waals surface area (Å²) in [4.78, 5) is 43.1. The molecule has 3 aliphatic heterocycles. The van der Waals surface area contributed by atoms with Crippen molar-refractivity contribution in [2.75, 3.05) is 49.1 Å². The minimum Gasteiger partial charge on any atom is -0.368 e. The number of halogens is 1. The van der Waals surface area contributed by atoms with Gasteiger partial charge in [0, 0.05) is 80.8 Å². The second-order valence-electron chi connectivity index (χ2n) is 10.3. The maximum atomic E-state index is 13.3. The predicted molar refractivity (Wildman–Crippen MR) is 141 cm³/mol. The summed E-state index contributed by atoms with van der Waals surface area (Å²) in [5.41, 5.74) is 2.60. The van der Waals surface area contributed by atoms with E-state index in [-0.39, 0.29) is 34.8 Å². The Kier molecular flexibility index (Phi) is 6.09. The molecule has 0 radical (unpaired) electrons. The SMILES string of the molecule is O=C(c1ccc(N2C[C@H]3C[C@@H](C2)c2cccc(=O)n2C3)c([N+](=O)[O-])c1)N1CCN(c2ccc(F)cc2)CC1. The van der Waals surface area contributed by atoms with Crippen LogP contribution in [-0.4, -0.2) is 59.6 Å². The molecule has 38 heavy (non-hydrogen) atoms. The van der Waals surface area contributed by atoms with Gasteiger partial charge < -0.3 is 19.3 Å². The lowest BCUT2D eigenvalue weighted by Gasteiger charge is -2.43. The molecular weight excluding hydrogens is 489 g/mol. The second-order valence-corrected chi connectivity index (χ2v) is 10.3. The molecule has 2 bridgehead atoms. The number of anilines is 2. The second kappa shape index (κ2) is 9.59. The largest absolute Gasteiger partial charge is 0.368 e. The predicted octanol–water partition coefficient (Wildman–Crippen LogP) is 3.48. The number of nitrogens with zero attached hydrogens (tertiary/aromatic N) is 5. The minimum atomic E-state index is -0.415. The van der Waals surface area contributed by atoms with Crippen molar-refractivity contribution in [1.82, 2.24) is 9.47 Å². The van der Waals surface area contributed by atoms with Crippen LogP contribution < -0.4 is 15.4 Å². The lowest BCUT2D eigenvalue weighted by Crippen LogP contribution is -2.49. The first-order chi connectivity index (χ1) is 18.4. The fourth-order valence-corrected chi connectivity index (χ4v) is 6.17. The van der Waals surface area contributed by atoms with Gasteiger partial charge in [-0.2, -0.15) is 0 Å². The number of hydrogen-bond donors (Lipinski definition) is 0. The Morgan fingerprint density at radius 2 is 1.68 bits per heavy atom. The summed E-state index contributed by atoms with van der Waals surface area (Å²) in [6.45, 7) is 3.95. The van der Waals surface area contributed by atoms with Gasteiger partial charge in [0.15, 0.2) is 0 Å². The molecule has 0 N–H and O–H groups in total. The zero-order valence-electron chi connectivity index (χ0n) is 20.8. The summed E-state index contributed by atoms with van der Waals surface area (Å²) in [5, 5.41) is 12.1. The van der Waals surface area contributed by atoms with E-state index in [2.05, 4.69) is 4.90 Å². The third-order valence-electron chi connectivity index (χ3n) is 8.00. The summed E-state index contributed by atoms with van der Waals surface area (Å²) in [5.74, 6) is -0.183. The van der Waals surface area contributed by atoms with Crippen LogP contribution in [0.25, 0.3) is 0 Å². The van der Waals surface area contributed by atoms with E-state index in [1.54, 1.807) is 41.3 Å². The van der Waals surface area contributed by atoms with Crippen LogP contribution in [0.2, 0.25) is 0 Å². The van der Waals surface area contributed by atoms with Gasteiger partial charge in [0.2, 0.25) is 0 Å².